The fourth-order valence-electron chi connectivity index (χ4n) is 1.52. The third-order valence-corrected chi connectivity index (χ3v) is 2.38. The Hall–Kier alpha value is -2.01. The van der Waals surface area contributed by atoms with Crippen molar-refractivity contribution in [1.82, 2.24) is 0 Å². The van der Waals surface area contributed by atoms with Crippen LogP contribution in [-0.4, -0.2) is 0 Å². The van der Waals surface area contributed by atoms with Crippen LogP contribution in [0.4, 0.5) is 13.2 Å². The van der Waals surface area contributed by atoms with Crippen LogP contribution in [0.15, 0.2) is 36.4 Å². The average molecular weight is 253 g/mol. The van der Waals surface area contributed by atoms with Crippen molar-refractivity contribution in [3.8, 4) is 11.5 Å². The third-order valence-electron chi connectivity index (χ3n) is 2.38. The van der Waals surface area contributed by atoms with Gasteiger partial charge in [-0.15, -0.1) is 0 Å². The molecule has 0 bridgehead atoms. The predicted octanol–water partition coefficient (Wildman–Crippen LogP) is 3.35. The van der Waals surface area contributed by atoms with E-state index in [1.54, 1.807) is 0 Å². The van der Waals surface area contributed by atoms with Crippen LogP contribution in [-0.2, 0) is 6.54 Å². The molecule has 94 valence electrons. The normalized spacial score (nSPS) is 10.4. The Kier molecular flexibility index (Phi) is 3.53. The fourth-order valence-corrected chi connectivity index (χ4v) is 1.52. The summed E-state index contributed by atoms with van der Waals surface area (Å²) in [5.41, 5.74) is 5.26. The molecule has 2 rings (SSSR count). The predicted molar refractivity (Wildman–Crippen MR) is 60.7 cm³/mol. The zero-order valence-electron chi connectivity index (χ0n) is 9.29. The van der Waals surface area contributed by atoms with E-state index >= 15 is 0 Å². The van der Waals surface area contributed by atoms with E-state index in [1.807, 2.05) is 0 Å². The van der Waals surface area contributed by atoms with Gasteiger partial charge in [0.2, 0.25) is 0 Å². The van der Waals surface area contributed by atoms with Gasteiger partial charge in [0.05, 0.1) is 0 Å². The number of benzene rings is 2. The highest BCUT2D eigenvalue weighted by molar-refractivity contribution is 5.39. The van der Waals surface area contributed by atoms with Crippen LogP contribution in [0.3, 0.4) is 0 Å². The van der Waals surface area contributed by atoms with E-state index < -0.39 is 17.5 Å². The van der Waals surface area contributed by atoms with Gasteiger partial charge < -0.3 is 10.5 Å². The second kappa shape index (κ2) is 5.10. The molecule has 0 saturated carbocycles. The van der Waals surface area contributed by atoms with Crippen LogP contribution in [0.2, 0.25) is 0 Å². The summed E-state index contributed by atoms with van der Waals surface area (Å²) in [4.78, 5) is 0. The maximum Gasteiger partial charge on any atom is 0.167 e. The lowest BCUT2D eigenvalue weighted by Gasteiger charge is -2.11. The number of hydrogen-bond acceptors (Lipinski definition) is 2. The van der Waals surface area contributed by atoms with Crippen LogP contribution in [0.5, 0.6) is 11.5 Å². The van der Waals surface area contributed by atoms with Crippen molar-refractivity contribution in [3.05, 3.63) is 59.4 Å². The molecule has 0 aliphatic heterocycles. The first-order valence-electron chi connectivity index (χ1n) is 5.22. The maximum absolute atomic E-state index is 13.4. The first-order valence-corrected chi connectivity index (χ1v) is 5.22. The van der Waals surface area contributed by atoms with E-state index in [2.05, 4.69) is 0 Å². The molecule has 2 nitrogen and oxygen atoms in total. The molecule has 0 aliphatic carbocycles. The molecule has 0 atom stereocenters. The molecule has 0 radical (unpaired) electrons. The van der Waals surface area contributed by atoms with Gasteiger partial charge >= 0.3 is 0 Å². The summed E-state index contributed by atoms with van der Waals surface area (Å²) in [7, 11) is 0. The topological polar surface area (TPSA) is 35.2 Å². The van der Waals surface area contributed by atoms with Gasteiger partial charge in [0, 0.05) is 18.2 Å². The quantitative estimate of drug-likeness (QED) is 0.910. The van der Waals surface area contributed by atoms with Gasteiger partial charge in [-0.25, -0.2) is 13.2 Å². The average Bonchev–Trinajstić information content (AvgIpc) is 2.34. The minimum absolute atomic E-state index is 0.0713. The van der Waals surface area contributed by atoms with Crippen LogP contribution in [0.1, 0.15) is 5.56 Å². The Bertz CT molecular complexity index is 572. The van der Waals surface area contributed by atoms with E-state index in [-0.39, 0.29) is 23.6 Å². The lowest BCUT2D eigenvalue weighted by molar-refractivity contribution is 0.446. The first-order chi connectivity index (χ1) is 8.61. The molecule has 2 N–H and O–H groups in total. The SMILES string of the molecule is NCc1c(Oc2cccc(F)c2)ccc(F)c1F. The molecular formula is C13H10F3NO. The molecule has 0 unspecified atom stereocenters. The highest BCUT2D eigenvalue weighted by atomic mass is 19.2. The summed E-state index contributed by atoms with van der Waals surface area (Å²) >= 11 is 0. The lowest BCUT2D eigenvalue weighted by Crippen LogP contribution is -2.04. The lowest BCUT2D eigenvalue weighted by atomic mass is 10.2. The summed E-state index contributed by atoms with van der Waals surface area (Å²) < 4.78 is 44.7. The standard InChI is InChI=1S/C13H10F3NO/c14-8-2-1-3-9(6-8)18-12-5-4-11(15)13(16)10(12)7-17/h1-6H,7,17H2. The maximum atomic E-state index is 13.4. The van der Waals surface area contributed by atoms with Crippen LogP contribution >= 0.6 is 0 Å². The Morgan fingerprint density at radius 1 is 1.06 bits per heavy atom. The highest BCUT2D eigenvalue weighted by Gasteiger charge is 2.14. The van der Waals surface area contributed by atoms with Crippen molar-refractivity contribution in [2.45, 2.75) is 6.54 Å². The third kappa shape index (κ3) is 2.46. The molecule has 18 heavy (non-hydrogen) atoms. The van der Waals surface area contributed by atoms with Gasteiger partial charge in [-0.05, 0) is 24.3 Å². The second-order valence-corrected chi connectivity index (χ2v) is 3.60. The molecule has 0 amide bonds. The number of rotatable bonds is 3. The van der Waals surface area contributed by atoms with Gasteiger partial charge in [0.25, 0.3) is 0 Å². The number of nitrogens with two attached hydrogens (primary N) is 1. The number of ether oxygens (including phenoxy) is 1. The largest absolute Gasteiger partial charge is 0.457 e. The molecule has 0 aliphatic rings. The van der Waals surface area contributed by atoms with Crippen LogP contribution < -0.4 is 10.5 Å². The minimum Gasteiger partial charge on any atom is -0.457 e. The summed E-state index contributed by atoms with van der Waals surface area (Å²) in [6, 6.07) is 7.54. The van der Waals surface area contributed by atoms with Gasteiger partial charge in [-0.2, -0.15) is 0 Å². The minimum atomic E-state index is -1.05. The molecular weight excluding hydrogens is 243 g/mol. The van der Waals surface area contributed by atoms with Crippen molar-refractivity contribution >= 4 is 0 Å². The summed E-state index contributed by atoms with van der Waals surface area (Å²) in [6.45, 7) is -0.214. The zero-order valence-corrected chi connectivity index (χ0v) is 9.29. The molecule has 0 fully saturated rings. The summed E-state index contributed by atoms with van der Waals surface area (Å²) in [5, 5.41) is 0. The molecule has 2 aromatic carbocycles. The van der Waals surface area contributed by atoms with E-state index in [4.69, 9.17) is 10.5 Å². The Balaban J connectivity index is 2.37. The summed E-state index contributed by atoms with van der Waals surface area (Å²) in [5.74, 6) is -2.27. The van der Waals surface area contributed by atoms with E-state index in [1.165, 1.54) is 24.3 Å². The van der Waals surface area contributed by atoms with Crippen molar-refractivity contribution in [1.29, 1.82) is 0 Å². The molecule has 0 saturated heterocycles. The van der Waals surface area contributed by atoms with E-state index in [0.29, 0.717) is 0 Å². The Morgan fingerprint density at radius 2 is 1.83 bits per heavy atom. The van der Waals surface area contributed by atoms with Crippen LogP contribution in [0.25, 0.3) is 0 Å². The molecule has 0 heterocycles. The van der Waals surface area contributed by atoms with Gasteiger partial charge in [-0.1, -0.05) is 6.07 Å². The monoisotopic (exact) mass is 253 g/mol. The smallest absolute Gasteiger partial charge is 0.167 e. The van der Waals surface area contributed by atoms with Crippen molar-refractivity contribution in [2.75, 3.05) is 0 Å². The van der Waals surface area contributed by atoms with Crippen molar-refractivity contribution in [2.24, 2.45) is 5.73 Å². The van der Waals surface area contributed by atoms with Gasteiger partial charge in [0.15, 0.2) is 11.6 Å². The molecule has 2 aromatic rings. The number of halogens is 3. The first kappa shape index (κ1) is 12.4. The van der Waals surface area contributed by atoms with Crippen molar-refractivity contribution < 1.29 is 17.9 Å². The number of hydrogen-bond donors (Lipinski definition) is 1. The fraction of sp³-hybridized carbons (Fsp3) is 0.0769. The summed E-state index contributed by atoms with van der Waals surface area (Å²) in [6.07, 6.45) is 0. The highest BCUT2D eigenvalue weighted by Crippen LogP contribution is 2.28. The zero-order chi connectivity index (χ0) is 13.1. The van der Waals surface area contributed by atoms with Gasteiger partial charge in [-0.3, -0.25) is 0 Å². The van der Waals surface area contributed by atoms with E-state index in [9.17, 15) is 13.2 Å². The van der Waals surface area contributed by atoms with E-state index in [0.717, 1.165) is 12.1 Å². The molecule has 0 spiro atoms. The van der Waals surface area contributed by atoms with Gasteiger partial charge in [0.1, 0.15) is 17.3 Å². The Morgan fingerprint density at radius 3 is 2.50 bits per heavy atom. The molecule has 5 heteroatoms. The van der Waals surface area contributed by atoms with Crippen LogP contribution in [0, 0.1) is 17.5 Å². The van der Waals surface area contributed by atoms with Crippen molar-refractivity contribution in [3.63, 3.8) is 0 Å². The molecule has 0 aromatic heterocycles. The Labute approximate surface area is 102 Å². The second-order valence-electron chi connectivity index (χ2n) is 3.60.